The molecule has 134 valence electrons. The van der Waals surface area contributed by atoms with Crippen molar-refractivity contribution in [2.45, 2.75) is 38.6 Å². The summed E-state index contributed by atoms with van der Waals surface area (Å²) in [5, 5.41) is 12.7. The molecule has 6 nitrogen and oxygen atoms in total. The molecule has 1 atom stereocenters. The third-order valence-corrected chi connectivity index (χ3v) is 4.41. The number of hydrogen-bond donors (Lipinski definition) is 3. The van der Waals surface area contributed by atoms with Gasteiger partial charge in [-0.25, -0.2) is 9.37 Å². The molecule has 4 N–H and O–H groups in total. The molecule has 7 heteroatoms. The minimum Gasteiger partial charge on any atom is -0.396 e. The molecule has 0 amide bonds. The summed E-state index contributed by atoms with van der Waals surface area (Å²) in [6, 6.07) is 6.53. The first-order valence-corrected chi connectivity index (χ1v) is 8.68. The minimum atomic E-state index is -0.449. The van der Waals surface area contributed by atoms with Gasteiger partial charge >= 0.3 is 0 Å². The van der Waals surface area contributed by atoms with Crippen molar-refractivity contribution < 1.29 is 9.50 Å². The quantitative estimate of drug-likeness (QED) is 0.698. The van der Waals surface area contributed by atoms with Gasteiger partial charge in [-0.3, -0.25) is 0 Å². The molecule has 0 bridgehead atoms. The molecule has 1 saturated heterocycles. The van der Waals surface area contributed by atoms with E-state index in [1.807, 2.05) is 6.07 Å². The number of rotatable bonds is 6. The molecule has 1 aliphatic heterocycles. The van der Waals surface area contributed by atoms with Crippen LogP contribution in [-0.2, 0) is 6.42 Å². The average molecular weight is 345 g/mol. The Morgan fingerprint density at radius 2 is 2.20 bits per heavy atom. The summed E-state index contributed by atoms with van der Waals surface area (Å²) in [6.45, 7) is 3.09. The van der Waals surface area contributed by atoms with Crippen LogP contribution < -0.4 is 16.0 Å². The number of aromatic nitrogens is 2. The second kappa shape index (κ2) is 7.65. The molecule has 2 heterocycles. The number of halogens is 1. The van der Waals surface area contributed by atoms with Crippen molar-refractivity contribution in [3.05, 3.63) is 35.8 Å². The van der Waals surface area contributed by atoms with E-state index in [0.29, 0.717) is 11.6 Å². The third kappa shape index (κ3) is 3.99. The first kappa shape index (κ1) is 17.4. The van der Waals surface area contributed by atoms with E-state index in [1.165, 1.54) is 12.1 Å². The van der Waals surface area contributed by atoms with Crippen LogP contribution in [0.2, 0.25) is 0 Å². The standard InChI is InChI=1S/C18H24FN5O/c1-2-4-12-10-17(24-8-3-5-14(24)11-25)23-18(21-12)22-13-6-7-15(19)16(20)9-13/h6-7,9-10,14,25H,2-5,8,11,20H2,1H3,(H,21,22,23)/t14-/m0/s1. The Morgan fingerprint density at radius 3 is 2.92 bits per heavy atom. The van der Waals surface area contributed by atoms with Crippen LogP contribution >= 0.6 is 0 Å². The van der Waals surface area contributed by atoms with Crippen molar-refractivity contribution in [3.63, 3.8) is 0 Å². The van der Waals surface area contributed by atoms with E-state index in [4.69, 9.17) is 5.73 Å². The second-order valence-electron chi connectivity index (χ2n) is 6.32. The zero-order chi connectivity index (χ0) is 17.8. The van der Waals surface area contributed by atoms with E-state index in [0.717, 1.165) is 43.7 Å². The Kier molecular flexibility index (Phi) is 5.33. The zero-order valence-electron chi connectivity index (χ0n) is 14.4. The van der Waals surface area contributed by atoms with E-state index >= 15 is 0 Å². The SMILES string of the molecule is CCCc1cc(N2CCC[C@H]2CO)nc(Nc2ccc(F)c(N)c2)n1. The van der Waals surface area contributed by atoms with Gasteiger partial charge in [0, 0.05) is 24.0 Å². The normalized spacial score (nSPS) is 17.1. The average Bonchev–Trinajstić information content (AvgIpc) is 3.07. The van der Waals surface area contributed by atoms with Gasteiger partial charge in [0.2, 0.25) is 5.95 Å². The molecule has 0 spiro atoms. The number of nitrogens with one attached hydrogen (secondary N) is 1. The van der Waals surface area contributed by atoms with Gasteiger partial charge in [-0.2, -0.15) is 4.98 Å². The highest BCUT2D eigenvalue weighted by Gasteiger charge is 2.25. The van der Waals surface area contributed by atoms with Crippen LogP contribution in [0.25, 0.3) is 0 Å². The van der Waals surface area contributed by atoms with Gasteiger partial charge in [0.05, 0.1) is 18.3 Å². The predicted octanol–water partition coefficient (Wildman–Crippen LogP) is 2.86. The maximum Gasteiger partial charge on any atom is 0.229 e. The summed E-state index contributed by atoms with van der Waals surface area (Å²) < 4.78 is 13.3. The lowest BCUT2D eigenvalue weighted by molar-refractivity contribution is 0.266. The van der Waals surface area contributed by atoms with Crippen molar-refractivity contribution in [1.82, 2.24) is 9.97 Å². The molecule has 1 aromatic heterocycles. The van der Waals surface area contributed by atoms with Gasteiger partial charge in [0.15, 0.2) is 0 Å². The summed E-state index contributed by atoms with van der Waals surface area (Å²) in [5.74, 6) is 0.817. The molecular formula is C18H24FN5O. The molecule has 1 fully saturated rings. The fourth-order valence-corrected chi connectivity index (χ4v) is 3.15. The molecule has 0 radical (unpaired) electrons. The number of benzene rings is 1. The summed E-state index contributed by atoms with van der Waals surface area (Å²) in [4.78, 5) is 11.3. The Bertz CT molecular complexity index is 739. The molecule has 2 aromatic rings. The van der Waals surface area contributed by atoms with Gasteiger partial charge in [-0.1, -0.05) is 13.3 Å². The fraction of sp³-hybridized carbons (Fsp3) is 0.444. The van der Waals surface area contributed by atoms with E-state index in [9.17, 15) is 9.50 Å². The van der Waals surface area contributed by atoms with Crippen molar-refractivity contribution in [3.8, 4) is 0 Å². The minimum absolute atomic E-state index is 0.0785. The molecule has 3 rings (SSSR count). The third-order valence-electron chi connectivity index (χ3n) is 4.41. The second-order valence-corrected chi connectivity index (χ2v) is 6.32. The van der Waals surface area contributed by atoms with E-state index in [-0.39, 0.29) is 18.3 Å². The topological polar surface area (TPSA) is 87.3 Å². The first-order valence-electron chi connectivity index (χ1n) is 8.68. The van der Waals surface area contributed by atoms with Crippen LogP contribution in [0.1, 0.15) is 31.9 Å². The van der Waals surface area contributed by atoms with Gasteiger partial charge in [0.25, 0.3) is 0 Å². The zero-order valence-corrected chi connectivity index (χ0v) is 14.4. The number of aliphatic hydroxyl groups excluding tert-OH is 1. The lowest BCUT2D eigenvalue weighted by atomic mass is 10.2. The molecule has 25 heavy (non-hydrogen) atoms. The van der Waals surface area contributed by atoms with Crippen molar-refractivity contribution in [2.75, 3.05) is 29.1 Å². The number of anilines is 4. The highest BCUT2D eigenvalue weighted by Crippen LogP contribution is 2.27. The number of aliphatic hydroxyl groups is 1. The van der Waals surface area contributed by atoms with Crippen LogP contribution in [0.5, 0.6) is 0 Å². The highest BCUT2D eigenvalue weighted by atomic mass is 19.1. The van der Waals surface area contributed by atoms with E-state index in [1.54, 1.807) is 6.07 Å². The van der Waals surface area contributed by atoms with Crippen molar-refractivity contribution in [2.24, 2.45) is 0 Å². The Balaban J connectivity index is 1.90. The highest BCUT2D eigenvalue weighted by molar-refractivity contribution is 5.61. The Hall–Kier alpha value is -2.41. The van der Waals surface area contributed by atoms with Crippen molar-refractivity contribution in [1.29, 1.82) is 0 Å². The number of nitrogens with zero attached hydrogens (tertiary/aromatic N) is 3. The summed E-state index contributed by atoms with van der Waals surface area (Å²) >= 11 is 0. The summed E-state index contributed by atoms with van der Waals surface area (Å²) in [6.07, 6.45) is 3.81. The number of nitrogens with two attached hydrogens (primary N) is 1. The lowest BCUT2D eigenvalue weighted by Crippen LogP contribution is -2.33. The Morgan fingerprint density at radius 1 is 1.36 bits per heavy atom. The number of aryl methyl sites for hydroxylation is 1. The molecule has 1 aromatic carbocycles. The fourth-order valence-electron chi connectivity index (χ4n) is 3.15. The molecule has 0 unspecified atom stereocenters. The van der Waals surface area contributed by atoms with Crippen LogP contribution in [-0.4, -0.2) is 34.3 Å². The number of hydrogen-bond acceptors (Lipinski definition) is 6. The maximum absolute atomic E-state index is 13.3. The van der Waals surface area contributed by atoms with Crippen LogP contribution in [0.4, 0.5) is 27.5 Å². The largest absolute Gasteiger partial charge is 0.396 e. The van der Waals surface area contributed by atoms with Crippen LogP contribution in [0, 0.1) is 5.82 Å². The Labute approximate surface area is 146 Å². The molecule has 0 saturated carbocycles. The lowest BCUT2D eigenvalue weighted by Gasteiger charge is -2.25. The monoisotopic (exact) mass is 345 g/mol. The summed E-state index contributed by atoms with van der Waals surface area (Å²) in [7, 11) is 0. The van der Waals surface area contributed by atoms with Crippen LogP contribution in [0.3, 0.4) is 0 Å². The maximum atomic E-state index is 13.3. The van der Waals surface area contributed by atoms with E-state index in [2.05, 4.69) is 27.1 Å². The first-order chi connectivity index (χ1) is 12.1. The molecular weight excluding hydrogens is 321 g/mol. The number of nitrogen functional groups attached to an aromatic ring is 1. The predicted molar refractivity (Wildman–Crippen MR) is 97.6 cm³/mol. The van der Waals surface area contributed by atoms with Crippen LogP contribution in [0.15, 0.2) is 24.3 Å². The summed E-state index contributed by atoms with van der Waals surface area (Å²) in [5.41, 5.74) is 7.28. The molecule has 1 aliphatic rings. The van der Waals surface area contributed by atoms with Gasteiger partial charge in [-0.15, -0.1) is 0 Å². The van der Waals surface area contributed by atoms with Gasteiger partial charge < -0.3 is 21.1 Å². The molecule has 0 aliphatic carbocycles. The van der Waals surface area contributed by atoms with Crippen molar-refractivity contribution >= 4 is 23.1 Å². The van der Waals surface area contributed by atoms with E-state index < -0.39 is 5.82 Å². The van der Waals surface area contributed by atoms with Gasteiger partial charge in [-0.05, 0) is 37.5 Å². The van der Waals surface area contributed by atoms with Gasteiger partial charge in [0.1, 0.15) is 11.6 Å². The smallest absolute Gasteiger partial charge is 0.229 e.